The van der Waals surface area contributed by atoms with E-state index in [4.69, 9.17) is 11.6 Å². The Morgan fingerprint density at radius 3 is 2.94 bits per heavy atom. The number of alkyl halides is 1. The van der Waals surface area contributed by atoms with Gasteiger partial charge >= 0.3 is 0 Å². The number of rotatable bonds is 5. The maximum Gasteiger partial charge on any atom is 0.0619 e. The lowest BCUT2D eigenvalue weighted by molar-refractivity contribution is 0.496. The van der Waals surface area contributed by atoms with Gasteiger partial charge in [-0.3, -0.25) is 0 Å². The average molecular weight is 255 g/mol. The summed E-state index contributed by atoms with van der Waals surface area (Å²) in [5, 5.41) is 0.253. The van der Waals surface area contributed by atoms with Crippen LogP contribution in [0.25, 0.3) is 0 Å². The molecule has 0 heterocycles. The number of thioether (sulfide) groups is 1. The van der Waals surface area contributed by atoms with Gasteiger partial charge in [-0.25, -0.2) is 0 Å². The summed E-state index contributed by atoms with van der Waals surface area (Å²) >= 11 is 8.55. The Morgan fingerprint density at radius 1 is 1.38 bits per heavy atom. The summed E-state index contributed by atoms with van der Waals surface area (Å²) in [5.74, 6) is 3.18. The summed E-state index contributed by atoms with van der Waals surface area (Å²) in [4.78, 5) is 0. The van der Waals surface area contributed by atoms with Gasteiger partial charge in [-0.2, -0.15) is 11.8 Å². The first-order valence-corrected chi connectivity index (χ1v) is 7.71. The molecule has 1 aliphatic carbocycles. The molecule has 0 aromatic heterocycles. The summed E-state index contributed by atoms with van der Waals surface area (Å²) in [6.45, 7) is 2.22. The third-order valence-corrected chi connectivity index (χ3v) is 4.89. The van der Waals surface area contributed by atoms with Gasteiger partial charge in [0.25, 0.3) is 0 Å². The number of hydrogen-bond donors (Lipinski definition) is 0. The van der Waals surface area contributed by atoms with E-state index in [1.165, 1.54) is 41.9 Å². The van der Waals surface area contributed by atoms with E-state index in [1.54, 1.807) is 0 Å². The van der Waals surface area contributed by atoms with Crippen LogP contribution < -0.4 is 0 Å². The molecule has 0 amide bonds. The van der Waals surface area contributed by atoms with Crippen LogP contribution >= 0.6 is 23.4 Å². The lowest BCUT2D eigenvalue weighted by atomic mass is 10.0. The van der Waals surface area contributed by atoms with Crippen LogP contribution in [0.1, 0.15) is 36.3 Å². The first-order valence-electron chi connectivity index (χ1n) is 6.12. The standard InChI is InChI=1S/C14H19ClS/c1-2-16-9-5-7-12-10-11-6-3-4-8-13(11)14(12)15/h3-4,6,8,12,14H,2,5,7,9-10H2,1H3. The van der Waals surface area contributed by atoms with Crippen LogP contribution in [0.15, 0.2) is 24.3 Å². The van der Waals surface area contributed by atoms with Gasteiger partial charge < -0.3 is 0 Å². The molecule has 0 nitrogen and oxygen atoms in total. The highest BCUT2D eigenvalue weighted by atomic mass is 35.5. The second kappa shape index (κ2) is 5.97. The Balaban J connectivity index is 1.87. The second-order valence-corrected chi connectivity index (χ2v) is 6.27. The molecule has 0 saturated heterocycles. The normalized spacial score (nSPS) is 23.4. The first-order chi connectivity index (χ1) is 7.83. The minimum atomic E-state index is 0.253. The monoisotopic (exact) mass is 254 g/mol. The minimum Gasteiger partial charge on any atom is -0.162 e. The summed E-state index contributed by atoms with van der Waals surface area (Å²) in [6, 6.07) is 8.64. The van der Waals surface area contributed by atoms with E-state index in [9.17, 15) is 0 Å². The van der Waals surface area contributed by atoms with E-state index in [1.807, 2.05) is 11.8 Å². The smallest absolute Gasteiger partial charge is 0.0619 e. The molecule has 2 heteroatoms. The average Bonchev–Trinajstić information content (AvgIpc) is 2.63. The third-order valence-electron chi connectivity index (χ3n) is 3.32. The van der Waals surface area contributed by atoms with Crippen molar-refractivity contribution in [3.05, 3.63) is 35.4 Å². The van der Waals surface area contributed by atoms with Gasteiger partial charge in [0.1, 0.15) is 0 Å². The highest BCUT2D eigenvalue weighted by Gasteiger charge is 2.29. The largest absolute Gasteiger partial charge is 0.162 e. The molecular weight excluding hydrogens is 236 g/mol. The van der Waals surface area contributed by atoms with Gasteiger partial charge in [-0.05, 0) is 47.8 Å². The minimum absolute atomic E-state index is 0.253. The predicted octanol–water partition coefficient (Wildman–Crippen LogP) is 4.67. The summed E-state index contributed by atoms with van der Waals surface area (Å²) in [7, 11) is 0. The van der Waals surface area contributed by atoms with Gasteiger partial charge in [0.05, 0.1) is 5.38 Å². The van der Waals surface area contributed by atoms with Crippen LogP contribution in [0.5, 0.6) is 0 Å². The molecule has 88 valence electrons. The molecule has 1 aromatic rings. The van der Waals surface area contributed by atoms with Gasteiger partial charge in [0.15, 0.2) is 0 Å². The van der Waals surface area contributed by atoms with Crippen LogP contribution in [0.3, 0.4) is 0 Å². The Labute approximate surface area is 108 Å². The Bertz CT molecular complexity index is 337. The fraction of sp³-hybridized carbons (Fsp3) is 0.571. The molecule has 0 fully saturated rings. The molecule has 0 N–H and O–H groups in total. The van der Waals surface area contributed by atoms with Gasteiger partial charge in [-0.15, -0.1) is 11.6 Å². The molecule has 0 saturated carbocycles. The fourth-order valence-corrected chi connectivity index (χ4v) is 3.56. The zero-order valence-electron chi connectivity index (χ0n) is 9.79. The molecule has 1 aliphatic rings. The molecular formula is C14H19ClS. The molecule has 0 bridgehead atoms. The van der Waals surface area contributed by atoms with Crippen LogP contribution in [0.4, 0.5) is 0 Å². The SMILES string of the molecule is CCSCCCC1Cc2ccccc2C1Cl. The third kappa shape index (κ3) is 2.75. The van der Waals surface area contributed by atoms with Crippen molar-refractivity contribution in [2.75, 3.05) is 11.5 Å². The van der Waals surface area contributed by atoms with Gasteiger partial charge in [-0.1, -0.05) is 31.2 Å². The van der Waals surface area contributed by atoms with E-state index in [-0.39, 0.29) is 5.38 Å². The van der Waals surface area contributed by atoms with Crippen molar-refractivity contribution >= 4 is 23.4 Å². The van der Waals surface area contributed by atoms with Crippen molar-refractivity contribution < 1.29 is 0 Å². The second-order valence-electron chi connectivity index (χ2n) is 4.40. The zero-order chi connectivity index (χ0) is 11.4. The van der Waals surface area contributed by atoms with Crippen molar-refractivity contribution in [2.45, 2.75) is 31.6 Å². The van der Waals surface area contributed by atoms with E-state index in [0.717, 1.165) is 0 Å². The molecule has 0 radical (unpaired) electrons. The first kappa shape index (κ1) is 12.3. The van der Waals surface area contributed by atoms with Gasteiger partial charge in [0.2, 0.25) is 0 Å². The molecule has 2 atom stereocenters. The molecule has 2 rings (SSSR count). The topological polar surface area (TPSA) is 0 Å². The van der Waals surface area contributed by atoms with Crippen LogP contribution in [0.2, 0.25) is 0 Å². The molecule has 2 unspecified atom stereocenters. The number of benzene rings is 1. The summed E-state index contributed by atoms with van der Waals surface area (Å²) < 4.78 is 0. The van der Waals surface area contributed by atoms with Crippen LogP contribution in [-0.4, -0.2) is 11.5 Å². The van der Waals surface area contributed by atoms with Crippen molar-refractivity contribution in [1.82, 2.24) is 0 Å². The highest BCUT2D eigenvalue weighted by molar-refractivity contribution is 7.99. The quantitative estimate of drug-likeness (QED) is 0.544. The molecule has 16 heavy (non-hydrogen) atoms. The van der Waals surface area contributed by atoms with Crippen molar-refractivity contribution in [2.24, 2.45) is 5.92 Å². The van der Waals surface area contributed by atoms with Crippen molar-refractivity contribution in [3.8, 4) is 0 Å². The number of halogens is 1. The Hall–Kier alpha value is -0.140. The molecule has 0 spiro atoms. The molecule has 1 aromatic carbocycles. The number of fused-ring (bicyclic) bond motifs is 1. The Morgan fingerprint density at radius 2 is 2.19 bits per heavy atom. The Kier molecular flexibility index (Phi) is 4.60. The maximum atomic E-state index is 6.51. The summed E-state index contributed by atoms with van der Waals surface area (Å²) in [6.07, 6.45) is 3.76. The van der Waals surface area contributed by atoms with E-state index < -0.39 is 0 Å². The van der Waals surface area contributed by atoms with Crippen LogP contribution in [-0.2, 0) is 6.42 Å². The summed E-state index contributed by atoms with van der Waals surface area (Å²) in [5.41, 5.74) is 2.84. The fourth-order valence-electron chi connectivity index (χ4n) is 2.47. The predicted molar refractivity (Wildman–Crippen MR) is 74.5 cm³/mol. The van der Waals surface area contributed by atoms with Crippen LogP contribution in [0, 0.1) is 5.92 Å². The maximum absolute atomic E-state index is 6.51. The zero-order valence-corrected chi connectivity index (χ0v) is 11.4. The van der Waals surface area contributed by atoms with E-state index >= 15 is 0 Å². The lowest BCUT2D eigenvalue weighted by Gasteiger charge is -2.13. The highest BCUT2D eigenvalue weighted by Crippen LogP contribution is 2.42. The number of hydrogen-bond acceptors (Lipinski definition) is 1. The van der Waals surface area contributed by atoms with E-state index in [2.05, 4.69) is 31.2 Å². The van der Waals surface area contributed by atoms with E-state index in [0.29, 0.717) is 5.92 Å². The lowest BCUT2D eigenvalue weighted by Crippen LogP contribution is -2.03. The van der Waals surface area contributed by atoms with Crippen molar-refractivity contribution in [1.29, 1.82) is 0 Å². The van der Waals surface area contributed by atoms with Gasteiger partial charge in [0, 0.05) is 0 Å². The van der Waals surface area contributed by atoms with Crippen molar-refractivity contribution in [3.63, 3.8) is 0 Å². The molecule has 0 aliphatic heterocycles.